The van der Waals surface area contributed by atoms with E-state index in [-0.39, 0.29) is 29.7 Å². The largest absolute Gasteiger partial charge is 0.434 e. The summed E-state index contributed by atoms with van der Waals surface area (Å²) in [6.07, 6.45) is 1.93. The number of nitrogens with one attached hydrogen (secondary N) is 1. The minimum atomic E-state index is -2.84. The number of aliphatic hydroxyl groups is 1. The maximum absolute atomic E-state index is 12.5. The van der Waals surface area contributed by atoms with E-state index in [1.165, 1.54) is 0 Å². The van der Waals surface area contributed by atoms with Crippen molar-refractivity contribution in [2.45, 2.75) is 44.7 Å². The molecule has 0 aromatic heterocycles. The van der Waals surface area contributed by atoms with Crippen molar-refractivity contribution in [1.29, 1.82) is 0 Å². The fourth-order valence-corrected chi connectivity index (χ4v) is 2.87. The maximum Gasteiger partial charge on any atom is 0.387 e. The molecule has 3 nitrogen and oxygen atoms in total. The lowest BCUT2D eigenvalue weighted by molar-refractivity contribution is -0.0507. The Morgan fingerprint density at radius 3 is 2.52 bits per heavy atom. The molecule has 0 saturated heterocycles. The molecule has 0 radical (unpaired) electrons. The Bertz CT molecular complexity index is 442. The van der Waals surface area contributed by atoms with Gasteiger partial charge >= 0.3 is 6.61 Å². The molecule has 0 aliphatic heterocycles. The van der Waals surface area contributed by atoms with Crippen molar-refractivity contribution in [3.8, 4) is 5.75 Å². The molecule has 0 spiro atoms. The van der Waals surface area contributed by atoms with Crippen molar-refractivity contribution in [2.75, 3.05) is 12.9 Å². The van der Waals surface area contributed by atoms with Gasteiger partial charge in [0, 0.05) is 22.9 Å². The lowest BCUT2D eigenvalue weighted by Crippen LogP contribution is -2.39. The molecule has 0 fully saturated rings. The summed E-state index contributed by atoms with van der Waals surface area (Å²) in [5.74, 6) is 0.188. The van der Waals surface area contributed by atoms with E-state index in [0.29, 0.717) is 5.56 Å². The number of hydrogen-bond acceptors (Lipinski definition) is 4. The lowest BCUT2D eigenvalue weighted by Gasteiger charge is -2.26. The zero-order chi connectivity index (χ0) is 16.0. The normalized spacial score (nSPS) is 15.8. The second-order valence-corrected chi connectivity index (χ2v) is 6.13. The molecule has 0 bridgehead atoms. The van der Waals surface area contributed by atoms with Gasteiger partial charge < -0.3 is 15.2 Å². The number of thioether (sulfide) groups is 1. The summed E-state index contributed by atoms with van der Waals surface area (Å²) in [5.41, 5.74) is 1.68. The maximum atomic E-state index is 12.5. The molecule has 0 aliphatic carbocycles. The van der Waals surface area contributed by atoms with E-state index >= 15 is 0 Å². The molecule has 2 N–H and O–H groups in total. The summed E-state index contributed by atoms with van der Waals surface area (Å²) in [4.78, 5) is 0. The zero-order valence-electron chi connectivity index (χ0n) is 12.8. The molecule has 3 atom stereocenters. The molecule has 0 saturated carbocycles. The molecule has 6 heteroatoms. The molecule has 1 rings (SSSR count). The quantitative estimate of drug-likeness (QED) is 0.771. The Morgan fingerprint density at radius 2 is 2.00 bits per heavy atom. The van der Waals surface area contributed by atoms with Crippen LogP contribution in [-0.4, -0.2) is 35.9 Å². The number of benzene rings is 1. The van der Waals surface area contributed by atoms with Gasteiger partial charge in [0.25, 0.3) is 0 Å². The third kappa shape index (κ3) is 5.45. The van der Waals surface area contributed by atoms with Crippen LogP contribution in [0.25, 0.3) is 0 Å². The van der Waals surface area contributed by atoms with Crippen LogP contribution in [0.2, 0.25) is 0 Å². The third-order valence-electron chi connectivity index (χ3n) is 3.40. The van der Waals surface area contributed by atoms with Crippen molar-refractivity contribution >= 4 is 11.8 Å². The topological polar surface area (TPSA) is 41.5 Å². The number of alkyl halides is 2. The van der Waals surface area contributed by atoms with Crippen molar-refractivity contribution < 1.29 is 18.6 Å². The molecule has 0 heterocycles. The van der Waals surface area contributed by atoms with E-state index in [1.807, 2.05) is 33.1 Å². The first kappa shape index (κ1) is 18.2. The van der Waals surface area contributed by atoms with E-state index in [9.17, 15) is 13.9 Å². The van der Waals surface area contributed by atoms with E-state index in [4.69, 9.17) is 0 Å². The van der Waals surface area contributed by atoms with Gasteiger partial charge in [-0.15, -0.1) is 0 Å². The Morgan fingerprint density at radius 1 is 1.33 bits per heavy atom. The van der Waals surface area contributed by atoms with Crippen LogP contribution in [0.5, 0.6) is 5.75 Å². The summed E-state index contributed by atoms with van der Waals surface area (Å²) >= 11 is 1.57. The zero-order valence-corrected chi connectivity index (χ0v) is 13.6. The minimum absolute atomic E-state index is 0.0416. The average molecular weight is 319 g/mol. The Kier molecular flexibility index (Phi) is 7.42. The number of aliphatic hydroxyl groups excluding tert-OH is 1. The van der Waals surface area contributed by atoms with Crippen LogP contribution in [0.15, 0.2) is 18.2 Å². The smallest absolute Gasteiger partial charge is 0.387 e. The van der Waals surface area contributed by atoms with Gasteiger partial charge in [0.2, 0.25) is 0 Å². The van der Waals surface area contributed by atoms with Crippen LogP contribution in [0, 0.1) is 6.92 Å². The Hall–Kier alpha value is -0.850. The van der Waals surface area contributed by atoms with Crippen molar-refractivity contribution in [3.05, 3.63) is 29.3 Å². The molecular weight excluding hydrogens is 296 g/mol. The van der Waals surface area contributed by atoms with E-state index in [2.05, 4.69) is 10.1 Å². The van der Waals surface area contributed by atoms with E-state index in [0.717, 1.165) is 5.56 Å². The molecule has 1 aromatic carbocycles. The molecule has 120 valence electrons. The van der Waals surface area contributed by atoms with E-state index < -0.39 is 6.61 Å². The van der Waals surface area contributed by atoms with Gasteiger partial charge in [-0.2, -0.15) is 20.5 Å². The first-order valence-electron chi connectivity index (χ1n) is 6.84. The van der Waals surface area contributed by atoms with Crippen LogP contribution >= 0.6 is 11.8 Å². The van der Waals surface area contributed by atoms with Gasteiger partial charge in [0.15, 0.2) is 0 Å². The van der Waals surface area contributed by atoms with Gasteiger partial charge in [0.05, 0.1) is 6.61 Å². The molecule has 21 heavy (non-hydrogen) atoms. The number of ether oxygens (including phenoxy) is 1. The highest BCUT2D eigenvalue weighted by Crippen LogP contribution is 2.28. The van der Waals surface area contributed by atoms with Gasteiger partial charge in [-0.1, -0.05) is 17.7 Å². The number of aryl methyl sites for hydroxylation is 1. The highest BCUT2D eigenvalue weighted by Gasteiger charge is 2.20. The van der Waals surface area contributed by atoms with Crippen LogP contribution in [-0.2, 0) is 0 Å². The Labute approximate surface area is 129 Å². The SMILES string of the molecule is CSC(CO)C(C)NC(C)c1cc(C)ccc1OC(F)F. The summed E-state index contributed by atoms with van der Waals surface area (Å²) in [7, 11) is 0. The molecule has 0 aliphatic rings. The second-order valence-electron chi connectivity index (χ2n) is 5.05. The second kappa shape index (κ2) is 8.56. The standard InChI is InChI=1S/C15H23F2NO2S/c1-9-5-6-13(20-15(16)17)12(7-9)10(2)18-11(3)14(8-19)21-4/h5-7,10-11,14-15,18-19H,8H2,1-4H3. The summed E-state index contributed by atoms with van der Waals surface area (Å²) in [5, 5.41) is 12.7. The molecule has 3 unspecified atom stereocenters. The van der Waals surface area contributed by atoms with Gasteiger partial charge in [0.1, 0.15) is 5.75 Å². The van der Waals surface area contributed by atoms with Crippen molar-refractivity contribution in [3.63, 3.8) is 0 Å². The van der Waals surface area contributed by atoms with Crippen molar-refractivity contribution in [1.82, 2.24) is 5.32 Å². The van der Waals surface area contributed by atoms with Gasteiger partial charge in [-0.3, -0.25) is 0 Å². The molecule has 0 amide bonds. The number of rotatable bonds is 8. The predicted octanol–water partition coefficient (Wildman–Crippen LogP) is 3.36. The third-order valence-corrected chi connectivity index (χ3v) is 4.56. The number of halogens is 2. The van der Waals surface area contributed by atoms with Crippen LogP contribution < -0.4 is 10.1 Å². The molecular formula is C15H23F2NO2S. The van der Waals surface area contributed by atoms with Gasteiger partial charge in [-0.05, 0) is 33.1 Å². The predicted molar refractivity (Wildman–Crippen MR) is 83.2 cm³/mol. The van der Waals surface area contributed by atoms with E-state index in [1.54, 1.807) is 23.9 Å². The minimum Gasteiger partial charge on any atom is -0.434 e. The molecule has 1 aromatic rings. The van der Waals surface area contributed by atoms with Crippen LogP contribution in [0.4, 0.5) is 8.78 Å². The summed E-state index contributed by atoms with van der Waals surface area (Å²) in [6, 6.07) is 5.04. The summed E-state index contributed by atoms with van der Waals surface area (Å²) in [6.45, 7) is 3.00. The highest BCUT2D eigenvalue weighted by atomic mass is 32.2. The van der Waals surface area contributed by atoms with Crippen LogP contribution in [0.3, 0.4) is 0 Å². The first-order valence-corrected chi connectivity index (χ1v) is 8.12. The monoisotopic (exact) mass is 319 g/mol. The fraction of sp³-hybridized carbons (Fsp3) is 0.600. The lowest BCUT2D eigenvalue weighted by atomic mass is 10.0. The number of hydrogen-bond donors (Lipinski definition) is 2. The summed E-state index contributed by atoms with van der Waals surface area (Å²) < 4.78 is 29.6. The fourth-order valence-electron chi connectivity index (χ4n) is 2.24. The van der Waals surface area contributed by atoms with Crippen molar-refractivity contribution in [2.24, 2.45) is 0 Å². The van der Waals surface area contributed by atoms with Crippen LogP contribution in [0.1, 0.15) is 31.0 Å². The van der Waals surface area contributed by atoms with Gasteiger partial charge in [-0.25, -0.2) is 0 Å². The first-order chi connectivity index (χ1) is 9.88. The average Bonchev–Trinajstić information content (AvgIpc) is 2.41. The highest BCUT2D eigenvalue weighted by molar-refractivity contribution is 7.99. The Balaban J connectivity index is 2.89.